The molecule has 0 aliphatic rings. The second-order valence-corrected chi connectivity index (χ2v) is 6.56. The standard InChI is InChI=1S/C10H6ClFN4O2S2/c11-8-9(16-3-4-19-10(16)14-8)20(17,18)15-7-2-1-6(12)5-13-7/h1-5H,(H,13,15). The smallest absolute Gasteiger partial charge is 0.278 e. The van der Waals surface area contributed by atoms with Gasteiger partial charge in [0.25, 0.3) is 10.0 Å². The molecule has 0 saturated carbocycles. The zero-order chi connectivity index (χ0) is 14.3. The Morgan fingerprint density at radius 2 is 2.20 bits per heavy atom. The first-order valence-electron chi connectivity index (χ1n) is 5.23. The van der Waals surface area contributed by atoms with Gasteiger partial charge >= 0.3 is 0 Å². The zero-order valence-corrected chi connectivity index (χ0v) is 12.0. The van der Waals surface area contributed by atoms with Crippen molar-refractivity contribution in [3.8, 4) is 0 Å². The molecule has 0 fully saturated rings. The predicted molar refractivity (Wildman–Crippen MR) is 73.1 cm³/mol. The molecule has 3 aromatic rings. The lowest BCUT2D eigenvalue weighted by atomic mass is 10.5. The van der Waals surface area contributed by atoms with E-state index in [2.05, 4.69) is 14.7 Å². The van der Waals surface area contributed by atoms with E-state index in [0.717, 1.165) is 12.3 Å². The van der Waals surface area contributed by atoms with Gasteiger partial charge in [-0.15, -0.1) is 11.3 Å². The van der Waals surface area contributed by atoms with E-state index in [1.54, 1.807) is 11.6 Å². The van der Waals surface area contributed by atoms with Crippen molar-refractivity contribution in [2.24, 2.45) is 0 Å². The van der Waals surface area contributed by atoms with Gasteiger partial charge in [0.05, 0.1) is 6.20 Å². The first-order chi connectivity index (χ1) is 9.47. The van der Waals surface area contributed by atoms with Crippen molar-refractivity contribution in [3.63, 3.8) is 0 Å². The first kappa shape index (κ1) is 13.3. The van der Waals surface area contributed by atoms with Crippen LogP contribution in [0, 0.1) is 5.82 Å². The number of imidazole rings is 1. The Labute approximate surface area is 121 Å². The van der Waals surface area contributed by atoms with Crippen LogP contribution in [0.25, 0.3) is 4.96 Å². The average Bonchev–Trinajstić information content (AvgIpc) is 2.91. The highest BCUT2D eigenvalue weighted by molar-refractivity contribution is 7.92. The lowest BCUT2D eigenvalue weighted by Gasteiger charge is -2.06. The number of nitrogens with zero attached hydrogens (tertiary/aromatic N) is 3. The number of pyridine rings is 1. The van der Waals surface area contributed by atoms with Gasteiger partial charge in [-0.05, 0) is 12.1 Å². The number of rotatable bonds is 3. The lowest BCUT2D eigenvalue weighted by Crippen LogP contribution is -2.16. The summed E-state index contributed by atoms with van der Waals surface area (Å²) in [5.41, 5.74) is 0. The first-order valence-corrected chi connectivity index (χ1v) is 7.97. The van der Waals surface area contributed by atoms with Crippen LogP contribution < -0.4 is 4.72 Å². The summed E-state index contributed by atoms with van der Waals surface area (Å²) >= 11 is 7.12. The number of fused-ring (bicyclic) bond motifs is 1. The third-order valence-corrected chi connectivity index (χ3v) is 4.91. The van der Waals surface area contributed by atoms with E-state index in [0.29, 0.717) is 4.96 Å². The second-order valence-electron chi connectivity index (χ2n) is 3.73. The fraction of sp³-hybridized carbons (Fsp3) is 0. The SMILES string of the molecule is O=S(=O)(Nc1ccc(F)cn1)c1c(Cl)nc2sccn12. The van der Waals surface area contributed by atoms with Gasteiger partial charge in [0.2, 0.25) is 0 Å². The maximum absolute atomic E-state index is 12.8. The third-order valence-electron chi connectivity index (χ3n) is 2.40. The highest BCUT2D eigenvalue weighted by Crippen LogP contribution is 2.26. The molecule has 0 amide bonds. The molecule has 6 nitrogen and oxygen atoms in total. The number of sulfonamides is 1. The predicted octanol–water partition coefficient (Wildman–Crippen LogP) is 2.38. The van der Waals surface area contributed by atoms with Gasteiger partial charge in [-0.1, -0.05) is 11.6 Å². The molecule has 0 bridgehead atoms. The fourth-order valence-corrected chi connectivity index (χ4v) is 4.07. The number of aromatic nitrogens is 3. The summed E-state index contributed by atoms with van der Waals surface area (Å²) in [7, 11) is -3.97. The van der Waals surface area contributed by atoms with Crippen LogP contribution in [0.2, 0.25) is 5.15 Å². The molecular formula is C10H6ClFN4O2S2. The highest BCUT2D eigenvalue weighted by Gasteiger charge is 2.25. The molecule has 3 rings (SSSR count). The van der Waals surface area contributed by atoms with E-state index >= 15 is 0 Å². The van der Waals surface area contributed by atoms with E-state index in [9.17, 15) is 12.8 Å². The molecule has 1 N–H and O–H groups in total. The Bertz CT molecular complexity index is 872. The molecule has 0 radical (unpaired) electrons. The van der Waals surface area contributed by atoms with E-state index in [-0.39, 0.29) is 16.0 Å². The van der Waals surface area contributed by atoms with Crippen LogP contribution in [-0.2, 0) is 10.0 Å². The molecule has 0 aliphatic heterocycles. The van der Waals surface area contributed by atoms with Crippen molar-refractivity contribution in [1.29, 1.82) is 0 Å². The quantitative estimate of drug-likeness (QED) is 0.799. The third kappa shape index (κ3) is 2.23. The number of nitrogens with one attached hydrogen (secondary N) is 1. The van der Waals surface area contributed by atoms with E-state index in [1.165, 1.54) is 21.8 Å². The topological polar surface area (TPSA) is 76.4 Å². The van der Waals surface area contributed by atoms with Gasteiger partial charge < -0.3 is 0 Å². The van der Waals surface area contributed by atoms with E-state index in [1.807, 2.05) is 0 Å². The van der Waals surface area contributed by atoms with Gasteiger partial charge in [-0.3, -0.25) is 9.12 Å². The Morgan fingerprint density at radius 1 is 1.40 bits per heavy atom. The number of halogens is 2. The molecule has 0 atom stereocenters. The van der Waals surface area contributed by atoms with Crippen molar-refractivity contribution < 1.29 is 12.8 Å². The fourth-order valence-electron chi connectivity index (χ4n) is 1.60. The van der Waals surface area contributed by atoms with Gasteiger partial charge in [0.1, 0.15) is 11.6 Å². The van der Waals surface area contributed by atoms with Gasteiger partial charge in [-0.2, -0.15) is 8.42 Å². The van der Waals surface area contributed by atoms with Crippen molar-refractivity contribution in [2.45, 2.75) is 5.03 Å². The summed E-state index contributed by atoms with van der Waals surface area (Å²) < 4.78 is 40.9. The molecular weight excluding hydrogens is 327 g/mol. The van der Waals surface area contributed by atoms with Crippen molar-refractivity contribution >= 4 is 43.7 Å². The van der Waals surface area contributed by atoms with Crippen LogP contribution >= 0.6 is 22.9 Å². The maximum Gasteiger partial charge on any atom is 0.282 e. The summed E-state index contributed by atoms with van der Waals surface area (Å²) in [6.07, 6.45) is 2.46. The van der Waals surface area contributed by atoms with E-state index in [4.69, 9.17) is 11.6 Å². The largest absolute Gasteiger partial charge is 0.282 e. The summed E-state index contributed by atoms with van der Waals surface area (Å²) in [5.74, 6) is -0.566. The van der Waals surface area contributed by atoms with Crippen molar-refractivity contribution in [1.82, 2.24) is 14.4 Å². The van der Waals surface area contributed by atoms with E-state index < -0.39 is 15.8 Å². The Morgan fingerprint density at radius 3 is 2.90 bits per heavy atom. The van der Waals surface area contributed by atoms with Crippen LogP contribution in [0.3, 0.4) is 0 Å². The number of thiazole rings is 1. The molecule has 0 aromatic carbocycles. The Hall–Kier alpha value is -1.71. The molecule has 3 heterocycles. The maximum atomic E-state index is 12.8. The second kappa shape index (κ2) is 4.69. The summed E-state index contributed by atoms with van der Waals surface area (Å²) in [4.78, 5) is 8.04. The molecule has 0 spiro atoms. The van der Waals surface area contributed by atoms with Crippen LogP contribution in [0.5, 0.6) is 0 Å². The summed E-state index contributed by atoms with van der Waals surface area (Å²) in [5, 5.41) is 1.38. The van der Waals surface area contributed by atoms with Crippen LogP contribution in [0.1, 0.15) is 0 Å². The minimum atomic E-state index is -3.97. The van der Waals surface area contributed by atoms with Crippen molar-refractivity contribution in [2.75, 3.05) is 4.72 Å². The normalized spacial score (nSPS) is 11.9. The van der Waals surface area contributed by atoms with Gasteiger partial charge in [0, 0.05) is 11.6 Å². The van der Waals surface area contributed by atoms with Crippen LogP contribution in [-0.4, -0.2) is 22.8 Å². The zero-order valence-electron chi connectivity index (χ0n) is 9.62. The molecule has 0 unspecified atom stereocenters. The summed E-state index contributed by atoms with van der Waals surface area (Å²) in [6, 6.07) is 2.32. The lowest BCUT2D eigenvalue weighted by molar-refractivity contribution is 0.596. The molecule has 104 valence electrons. The Balaban J connectivity index is 2.05. The minimum Gasteiger partial charge on any atom is -0.278 e. The molecule has 0 aliphatic carbocycles. The van der Waals surface area contributed by atoms with Crippen LogP contribution in [0.4, 0.5) is 10.2 Å². The number of hydrogen-bond donors (Lipinski definition) is 1. The van der Waals surface area contributed by atoms with Crippen LogP contribution in [0.15, 0.2) is 34.9 Å². The minimum absolute atomic E-state index is 0.00681. The molecule has 10 heteroatoms. The molecule has 3 aromatic heterocycles. The molecule has 0 saturated heterocycles. The number of anilines is 1. The number of hydrogen-bond acceptors (Lipinski definition) is 5. The van der Waals surface area contributed by atoms with Gasteiger partial charge in [-0.25, -0.2) is 14.4 Å². The summed E-state index contributed by atoms with van der Waals surface area (Å²) in [6.45, 7) is 0. The van der Waals surface area contributed by atoms with Crippen molar-refractivity contribution in [3.05, 3.63) is 40.9 Å². The average molecular weight is 333 g/mol. The molecule has 20 heavy (non-hydrogen) atoms. The van der Waals surface area contributed by atoms with Gasteiger partial charge in [0.15, 0.2) is 15.1 Å². The highest BCUT2D eigenvalue weighted by atomic mass is 35.5. The monoisotopic (exact) mass is 332 g/mol. The Kier molecular flexibility index (Phi) is 3.11.